The van der Waals surface area contributed by atoms with Crippen LogP contribution >= 0.6 is 0 Å². The van der Waals surface area contributed by atoms with Gasteiger partial charge in [0.1, 0.15) is 0 Å². The van der Waals surface area contributed by atoms with Crippen LogP contribution in [0.2, 0.25) is 0 Å². The summed E-state index contributed by atoms with van der Waals surface area (Å²) >= 11 is 0. The summed E-state index contributed by atoms with van der Waals surface area (Å²) < 4.78 is 0. The summed E-state index contributed by atoms with van der Waals surface area (Å²) in [5.74, 6) is -1.62. The van der Waals surface area contributed by atoms with Gasteiger partial charge in [-0.15, -0.1) is 0 Å². The van der Waals surface area contributed by atoms with Crippen LogP contribution in [0.5, 0.6) is 11.5 Å². The van der Waals surface area contributed by atoms with Gasteiger partial charge in [0.25, 0.3) is 5.91 Å². The Kier molecular flexibility index (Phi) is 4.99. The molecule has 0 spiro atoms. The molecule has 1 rings (SSSR count). The van der Waals surface area contributed by atoms with E-state index in [1.165, 1.54) is 18.2 Å². The summed E-state index contributed by atoms with van der Waals surface area (Å²) in [5.41, 5.74) is 5.39. The normalized spacial score (nSPS) is 13.0. The smallest absolute Gasteiger partial charge is 0.255 e. The highest BCUT2D eigenvalue weighted by atomic mass is 16.4. The summed E-state index contributed by atoms with van der Waals surface area (Å²) in [6.45, 7) is 1.88. The molecular weight excluding hydrogens is 250 g/mol. The Hall–Kier alpha value is -2.44. The Morgan fingerprint density at radius 3 is 2.74 bits per heavy atom. The average Bonchev–Trinajstić information content (AvgIpc) is 2.40. The highest BCUT2D eigenvalue weighted by Gasteiger charge is 2.20. The van der Waals surface area contributed by atoms with Crippen molar-refractivity contribution in [3.8, 4) is 11.5 Å². The van der Waals surface area contributed by atoms with E-state index in [-0.39, 0.29) is 17.1 Å². The molecule has 19 heavy (non-hydrogen) atoms. The van der Waals surface area contributed by atoms with Crippen molar-refractivity contribution in [2.75, 3.05) is 0 Å². The van der Waals surface area contributed by atoms with Crippen molar-refractivity contribution in [2.24, 2.45) is 10.9 Å². The fraction of sp³-hybridized carbons (Fsp3) is 0.333. The van der Waals surface area contributed by atoms with Gasteiger partial charge in [-0.1, -0.05) is 24.6 Å². The molecule has 0 saturated carbocycles. The third-order valence-electron chi connectivity index (χ3n) is 2.61. The van der Waals surface area contributed by atoms with E-state index in [0.717, 1.165) is 0 Å². The Balaban J connectivity index is 2.91. The first-order valence-electron chi connectivity index (χ1n) is 5.80. The number of aromatic hydroxyl groups is 2. The fourth-order valence-electron chi connectivity index (χ4n) is 1.60. The van der Waals surface area contributed by atoms with Crippen LogP contribution in [0, 0.1) is 0 Å². The van der Waals surface area contributed by atoms with Crippen molar-refractivity contribution in [2.45, 2.75) is 25.8 Å². The van der Waals surface area contributed by atoms with Gasteiger partial charge >= 0.3 is 0 Å². The molecular formula is C12H17N3O4. The second kappa shape index (κ2) is 6.48. The maximum atomic E-state index is 11.9. The summed E-state index contributed by atoms with van der Waals surface area (Å²) in [6, 6.07) is 3.42. The van der Waals surface area contributed by atoms with Crippen molar-refractivity contribution in [3.05, 3.63) is 23.8 Å². The molecule has 104 valence electrons. The van der Waals surface area contributed by atoms with Crippen LogP contribution in [0.1, 0.15) is 30.1 Å². The number of para-hydroxylation sites is 1. The number of oxime groups is 1. The quantitative estimate of drug-likeness (QED) is 0.177. The topological polar surface area (TPSA) is 128 Å². The Bertz CT molecular complexity index is 488. The van der Waals surface area contributed by atoms with Crippen LogP contribution < -0.4 is 11.1 Å². The number of hydrogen-bond acceptors (Lipinski definition) is 5. The second-order valence-electron chi connectivity index (χ2n) is 4.01. The molecule has 0 fully saturated rings. The third kappa shape index (κ3) is 3.51. The predicted octanol–water partition coefficient (Wildman–Crippen LogP) is 0.743. The van der Waals surface area contributed by atoms with E-state index in [0.29, 0.717) is 12.8 Å². The van der Waals surface area contributed by atoms with E-state index in [9.17, 15) is 15.0 Å². The van der Waals surface area contributed by atoms with E-state index in [2.05, 4.69) is 10.5 Å². The van der Waals surface area contributed by atoms with Gasteiger partial charge < -0.3 is 26.5 Å². The Morgan fingerprint density at radius 2 is 2.16 bits per heavy atom. The minimum absolute atomic E-state index is 0.0770. The van der Waals surface area contributed by atoms with Crippen LogP contribution in [0.3, 0.4) is 0 Å². The minimum Gasteiger partial charge on any atom is -0.504 e. The minimum atomic E-state index is -0.635. The molecule has 1 unspecified atom stereocenters. The molecule has 7 nitrogen and oxygen atoms in total. The molecule has 0 heterocycles. The molecule has 0 aliphatic rings. The number of nitrogens with one attached hydrogen (secondary N) is 1. The first-order chi connectivity index (χ1) is 9.01. The molecule has 0 saturated heterocycles. The number of nitrogens with two attached hydrogens (primary N) is 1. The van der Waals surface area contributed by atoms with E-state index in [1.54, 1.807) is 0 Å². The summed E-state index contributed by atoms with van der Waals surface area (Å²) in [7, 11) is 0. The van der Waals surface area contributed by atoms with Gasteiger partial charge in [-0.2, -0.15) is 0 Å². The van der Waals surface area contributed by atoms with Crippen LogP contribution in [0.25, 0.3) is 0 Å². The number of rotatable bonds is 5. The lowest BCUT2D eigenvalue weighted by atomic mass is 10.1. The van der Waals surface area contributed by atoms with E-state index >= 15 is 0 Å². The number of amides is 1. The first-order valence-corrected chi connectivity index (χ1v) is 5.80. The number of carbonyl (C=O) groups excluding carboxylic acids is 1. The third-order valence-corrected chi connectivity index (χ3v) is 2.61. The molecule has 1 aromatic rings. The lowest BCUT2D eigenvalue weighted by Gasteiger charge is -2.17. The molecule has 1 amide bonds. The van der Waals surface area contributed by atoms with E-state index in [1.807, 2.05) is 6.92 Å². The fourth-order valence-corrected chi connectivity index (χ4v) is 1.60. The van der Waals surface area contributed by atoms with Gasteiger partial charge in [-0.05, 0) is 18.6 Å². The molecule has 0 bridgehead atoms. The van der Waals surface area contributed by atoms with E-state index < -0.39 is 17.7 Å². The zero-order valence-electron chi connectivity index (χ0n) is 10.5. The first kappa shape index (κ1) is 14.6. The monoisotopic (exact) mass is 267 g/mol. The van der Waals surface area contributed by atoms with Gasteiger partial charge in [0.15, 0.2) is 17.3 Å². The van der Waals surface area contributed by atoms with Gasteiger partial charge in [0, 0.05) is 0 Å². The van der Waals surface area contributed by atoms with Crippen molar-refractivity contribution in [3.63, 3.8) is 0 Å². The van der Waals surface area contributed by atoms with Gasteiger partial charge in [0.2, 0.25) is 0 Å². The number of nitrogens with zero attached hydrogens (tertiary/aromatic N) is 1. The predicted molar refractivity (Wildman–Crippen MR) is 69.3 cm³/mol. The number of carbonyl (C=O) groups is 1. The number of phenols is 2. The van der Waals surface area contributed by atoms with Crippen molar-refractivity contribution in [1.29, 1.82) is 0 Å². The molecule has 0 aliphatic heterocycles. The average molecular weight is 267 g/mol. The summed E-state index contributed by atoms with van der Waals surface area (Å²) in [4.78, 5) is 11.9. The highest BCUT2D eigenvalue weighted by molar-refractivity contribution is 6.00. The lowest BCUT2D eigenvalue weighted by molar-refractivity contribution is 0.0941. The van der Waals surface area contributed by atoms with Crippen molar-refractivity contribution < 1.29 is 20.2 Å². The molecule has 1 atom stereocenters. The van der Waals surface area contributed by atoms with Crippen molar-refractivity contribution >= 4 is 11.7 Å². The van der Waals surface area contributed by atoms with Crippen LogP contribution in [-0.2, 0) is 0 Å². The highest BCUT2D eigenvalue weighted by Crippen LogP contribution is 2.28. The lowest BCUT2D eigenvalue weighted by Crippen LogP contribution is -2.44. The number of hydrogen-bond donors (Lipinski definition) is 5. The summed E-state index contributed by atoms with van der Waals surface area (Å²) in [5, 5.41) is 32.9. The molecule has 6 N–H and O–H groups in total. The maximum Gasteiger partial charge on any atom is 0.255 e. The van der Waals surface area contributed by atoms with Gasteiger partial charge in [-0.3, -0.25) is 4.79 Å². The number of benzene rings is 1. The number of amidine groups is 1. The Morgan fingerprint density at radius 1 is 1.47 bits per heavy atom. The van der Waals surface area contributed by atoms with Gasteiger partial charge in [-0.25, -0.2) is 0 Å². The number of phenolic OH excluding ortho intramolecular Hbond substituents is 2. The van der Waals surface area contributed by atoms with Crippen LogP contribution in [-0.4, -0.2) is 33.2 Å². The second-order valence-corrected chi connectivity index (χ2v) is 4.01. The maximum absolute atomic E-state index is 11.9. The molecule has 7 heteroatoms. The standard InChI is InChI=1S/C12H17N3O4/c1-2-4-8(11(13)15-19)14-12(18)7-5-3-6-9(16)10(7)17/h3,5-6,8,16-17,19H,2,4H2,1H3,(H2,13,15)(H,14,18). The van der Waals surface area contributed by atoms with Crippen LogP contribution in [0.4, 0.5) is 0 Å². The Labute approximate surface area is 110 Å². The molecule has 0 radical (unpaired) electrons. The van der Waals surface area contributed by atoms with Crippen molar-refractivity contribution in [1.82, 2.24) is 5.32 Å². The summed E-state index contributed by atoms with van der Waals surface area (Å²) in [6.07, 6.45) is 1.20. The molecule has 0 aromatic heterocycles. The zero-order chi connectivity index (χ0) is 14.4. The molecule has 1 aromatic carbocycles. The SMILES string of the molecule is CCCC(NC(=O)c1cccc(O)c1O)/C(N)=N/O. The van der Waals surface area contributed by atoms with Gasteiger partial charge in [0.05, 0.1) is 11.6 Å². The zero-order valence-corrected chi connectivity index (χ0v) is 10.5. The van der Waals surface area contributed by atoms with Crippen LogP contribution in [0.15, 0.2) is 23.4 Å². The largest absolute Gasteiger partial charge is 0.504 e. The van der Waals surface area contributed by atoms with E-state index in [4.69, 9.17) is 10.9 Å². The molecule has 0 aliphatic carbocycles.